The van der Waals surface area contributed by atoms with E-state index in [1.165, 1.54) is 6.20 Å². The number of aromatic carboxylic acids is 1. The van der Waals surface area contributed by atoms with Crippen LogP contribution in [0.5, 0.6) is 0 Å². The van der Waals surface area contributed by atoms with Crippen LogP contribution in [0.25, 0.3) is 0 Å². The van der Waals surface area contributed by atoms with Gasteiger partial charge in [-0.05, 0) is 43.7 Å². The van der Waals surface area contributed by atoms with Crippen molar-refractivity contribution >= 4 is 11.7 Å². The van der Waals surface area contributed by atoms with Gasteiger partial charge in [-0.3, -0.25) is 0 Å². The summed E-state index contributed by atoms with van der Waals surface area (Å²) in [5, 5.41) is 21.5. The molecule has 0 unspecified atom stereocenters. The molecule has 0 radical (unpaired) electrons. The van der Waals surface area contributed by atoms with Crippen molar-refractivity contribution in [2.24, 2.45) is 5.92 Å². The Bertz CT molecular complexity index is 414. The number of nitrogens with one attached hydrogen (secondary N) is 1. The number of hydrogen-bond donors (Lipinski definition) is 3. The Kier molecular flexibility index (Phi) is 4.15. The van der Waals surface area contributed by atoms with Gasteiger partial charge in [0.1, 0.15) is 5.69 Å². The number of pyridine rings is 1. The zero-order chi connectivity index (χ0) is 13.0. The Morgan fingerprint density at radius 2 is 2.11 bits per heavy atom. The minimum atomic E-state index is -1.01. The van der Waals surface area contributed by atoms with Crippen molar-refractivity contribution in [3.05, 3.63) is 24.0 Å². The van der Waals surface area contributed by atoms with Crippen LogP contribution in [0.4, 0.5) is 5.69 Å². The largest absolute Gasteiger partial charge is 0.477 e. The monoisotopic (exact) mass is 250 g/mol. The molecule has 98 valence electrons. The van der Waals surface area contributed by atoms with Crippen LogP contribution in [0.1, 0.15) is 36.2 Å². The van der Waals surface area contributed by atoms with Crippen molar-refractivity contribution in [2.45, 2.75) is 31.8 Å². The average Bonchev–Trinajstić information content (AvgIpc) is 2.38. The summed E-state index contributed by atoms with van der Waals surface area (Å²) in [5.74, 6) is -0.464. The third-order valence-electron chi connectivity index (χ3n) is 3.39. The lowest BCUT2D eigenvalue weighted by Gasteiger charge is -2.25. The molecule has 1 aromatic rings. The third-order valence-corrected chi connectivity index (χ3v) is 3.39. The van der Waals surface area contributed by atoms with E-state index in [1.54, 1.807) is 12.1 Å². The molecule has 1 aliphatic carbocycles. The first kappa shape index (κ1) is 12.8. The Balaban J connectivity index is 1.86. The van der Waals surface area contributed by atoms with E-state index >= 15 is 0 Å². The Morgan fingerprint density at radius 3 is 2.78 bits per heavy atom. The number of anilines is 1. The molecule has 1 aliphatic rings. The number of rotatable bonds is 4. The maximum atomic E-state index is 10.8. The normalized spacial score (nSPS) is 23.6. The molecule has 0 saturated heterocycles. The van der Waals surface area contributed by atoms with Crippen LogP contribution in [0, 0.1) is 5.92 Å². The highest BCUT2D eigenvalue weighted by Crippen LogP contribution is 2.24. The first-order valence-electron chi connectivity index (χ1n) is 6.26. The van der Waals surface area contributed by atoms with Crippen LogP contribution in [0.3, 0.4) is 0 Å². The molecule has 0 amide bonds. The number of aliphatic hydroxyl groups is 1. The second-order valence-electron chi connectivity index (χ2n) is 4.79. The first-order valence-corrected chi connectivity index (χ1v) is 6.26. The smallest absolute Gasteiger partial charge is 0.354 e. The lowest BCUT2D eigenvalue weighted by Crippen LogP contribution is -2.23. The molecule has 18 heavy (non-hydrogen) atoms. The van der Waals surface area contributed by atoms with Crippen molar-refractivity contribution in [3.8, 4) is 0 Å². The minimum absolute atomic E-state index is 0.0547. The molecule has 0 spiro atoms. The summed E-state index contributed by atoms with van der Waals surface area (Å²) in [7, 11) is 0. The summed E-state index contributed by atoms with van der Waals surface area (Å²) in [5.41, 5.74) is 0.840. The van der Waals surface area contributed by atoms with Gasteiger partial charge in [0.15, 0.2) is 0 Å². The van der Waals surface area contributed by atoms with E-state index in [0.717, 1.165) is 37.9 Å². The van der Waals surface area contributed by atoms with E-state index in [9.17, 15) is 9.90 Å². The highest BCUT2D eigenvalue weighted by molar-refractivity contribution is 5.86. The van der Waals surface area contributed by atoms with Crippen molar-refractivity contribution in [2.75, 3.05) is 11.9 Å². The van der Waals surface area contributed by atoms with Gasteiger partial charge in [-0.25, -0.2) is 9.78 Å². The summed E-state index contributed by atoms with van der Waals surface area (Å²) < 4.78 is 0. The van der Waals surface area contributed by atoms with Gasteiger partial charge in [-0.1, -0.05) is 0 Å². The van der Waals surface area contributed by atoms with Gasteiger partial charge in [0.2, 0.25) is 0 Å². The topological polar surface area (TPSA) is 82.5 Å². The van der Waals surface area contributed by atoms with E-state index in [4.69, 9.17) is 5.11 Å². The maximum Gasteiger partial charge on any atom is 0.354 e. The molecule has 5 heteroatoms. The molecule has 1 aromatic heterocycles. The highest BCUT2D eigenvalue weighted by Gasteiger charge is 2.19. The molecule has 0 atom stereocenters. The molecule has 3 N–H and O–H groups in total. The van der Waals surface area contributed by atoms with Crippen LogP contribution in [0.2, 0.25) is 0 Å². The minimum Gasteiger partial charge on any atom is -0.477 e. The van der Waals surface area contributed by atoms with Crippen LogP contribution in [-0.2, 0) is 0 Å². The number of carboxylic acid groups (broad SMARTS) is 1. The maximum absolute atomic E-state index is 10.8. The molecular weight excluding hydrogens is 232 g/mol. The van der Waals surface area contributed by atoms with Crippen LogP contribution < -0.4 is 5.32 Å². The van der Waals surface area contributed by atoms with Gasteiger partial charge < -0.3 is 15.5 Å². The summed E-state index contributed by atoms with van der Waals surface area (Å²) in [6.45, 7) is 0.815. The number of aromatic nitrogens is 1. The summed E-state index contributed by atoms with van der Waals surface area (Å²) in [4.78, 5) is 14.5. The number of carboxylic acids is 1. The average molecular weight is 250 g/mol. The molecule has 2 rings (SSSR count). The summed E-state index contributed by atoms with van der Waals surface area (Å²) in [6, 6.07) is 3.31. The first-order chi connectivity index (χ1) is 8.65. The second kappa shape index (κ2) is 5.82. The van der Waals surface area contributed by atoms with Crippen molar-refractivity contribution in [1.82, 2.24) is 4.98 Å². The predicted molar refractivity (Wildman–Crippen MR) is 67.7 cm³/mol. The number of carbonyl (C=O) groups is 1. The van der Waals surface area contributed by atoms with Crippen molar-refractivity contribution in [3.63, 3.8) is 0 Å². The molecule has 5 nitrogen and oxygen atoms in total. The van der Waals surface area contributed by atoms with E-state index < -0.39 is 5.97 Å². The standard InChI is InChI=1S/C13H18N2O3/c16-11-3-1-9(2-4-11)8-15-10-5-6-14-12(7-10)13(17)18/h5-7,9,11,16H,1-4,8H2,(H,14,15)(H,17,18). The lowest BCUT2D eigenvalue weighted by atomic mass is 9.87. The van der Waals surface area contributed by atoms with E-state index in [1.807, 2.05) is 0 Å². The number of aliphatic hydroxyl groups excluding tert-OH is 1. The van der Waals surface area contributed by atoms with E-state index in [0.29, 0.717) is 5.92 Å². The van der Waals surface area contributed by atoms with Gasteiger partial charge in [-0.2, -0.15) is 0 Å². The van der Waals surface area contributed by atoms with Gasteiger partial charge in [-0.15, -0.1) is 0 Å². The third kappa shape index (κ3) is 3.43. The molecule has 1 saturated carbocycles. The number of hydrogen-bond acceptors (Lipinski definition) is 4. The SMILES string of the molecule is O=C(O)c1cc(NCC2CCC(O)CC2)ccn1. The Morgan fingerprint density at radius 1 is 1.39 bits per heavy atom. The summed E-state index contributed by atoms with van der Waals surface area (Å²) >= 11 is 0. The molecule has 0 aliphatic heterocycles. The van der Waals surface area contributed by atoms with Crippen LogP contribution in [0.15, 0.2) is 18.3 Å². The van der Waals surface area contributed by atoms with E-state index in [-0.39, 0.29) is 11.8 Å². The predicted octanol–water partition coefficient (Wildman–Crippen LogP) is 1.74. The fourth-order valence-corrected chi connectivity index (χ4v) is 2.27. The molecule has 1 fully saturated rings. The van der Waals surface area contributed by atoms with E-state index in [2.05, 4.69) is 10.3 Å². The van der Waals surface area contributed by atoms with Gasteiger partial charge >= 0.3 is 5.97 Å². The fourth-order valence-electron chi connectivity index (χ4n) is 2.27. The second-order valence-corrected chi connectivity index (χ2v) is 4.79. The number of nitrogens with zero attached hydrogens (tertiary/aromatic N) is 1. The molecule has 0 aromatic carbocycles. The Hall–Kier alpha value is -1.62. The van der Waals surface area contributed by atoms with Gasteiger partial charge in [0, 0.05) is 18.4 Å². The Labute approximate surface area is 106 Å². The molecule has 1 heterocycles. The summed E-state index contributed by atoms with van der Waals surface area (Å²) in [6.07, 6.45) is 5.12. The lowest BCUT2D eigenvalue weighted by molar-refractivity contribution is 0.0690. The van der Waals surface area contributed by atoms with Crippen LogP contribution >= 0.6 is 0 Å². The van der Waals surface area contributed by atoms with Crippen LogP contribution in [-0.4, -0.2) is 33.8 Å². The highest BCUT2D eigenvalue weighted by atomic mass is 16.4. The fraction of sp³-hybridized carbons (Fsp3) is 0.538. The van der Waals surface area contributed by atoms with Gasteiger partial charge in [0.05, 0.1) is 6.10 Å². The zero-order valence-electron chi connectivity index (χ0n) is 10.2. The van der Waals surface area contributed by atoms with Gasteiger partial charge in [0.25, 0.3) is 0 Å². The molecular formula is C13H18N2O3. The van der Waals surface area contributed by atoms with Crippen molar-refractivity contribution < 1.29 is 15.0 Å². The zero-order valence-corrected chi connectivity index (χ0v) is 10.2. The van der Waals surface area contributed by atoms with Crippen molar-refractivity contribution in [1.29, 1.82) is 0 Å². The molecule has 0 bridgehead atoms. The quantitative estimate of drug-likeness (QED) is 0.758.